The van der Waals surface area contributed by atoms with Gasteiger partial charge in [-0.05, 0) is 71.1 Å². The summed E-state index contributed by atoms with van der Waals surface area (Å²) in [5, 5.41) is 31.2. The second kappa shape index (κ2) is 9.62. The van der Waals surface area contributed by atoms with E-state index >= 15 is 0 Å². The molecule has 1 atom stereocenters. The van der Waals surface area contributed by atoms with Crippen LogP contribution in [0.2, 0.25) is 0 Å². The van der Waals surface area contributed by atoms with Crippen molar-refractivity contribution < 1.29 is 24.5 Å². The first-order valence-electron chi connectivity index (χ1n) is 10.8. The molecule has 1 aliphatic carbocycles. The molecule has 0 saturated heterocycles. The van der Waals surface area contributed by atoms with E-state index in [0.29, 0.717) is 47.4 Å². The number of rotatable bonds is 5. The first-order chi connectivity index (χ1) is 15.0. The minimum Gasteiger partial charge on any atom is -0.477 e. The van der Waals surface area contributed by atoms with E-state index in [0.717, 1.165) is 11.3 Å². The molecule has 0 spiro atoms. The van der Waals surface area contributed by atoms with Gasteiger partial charge < -0.3 is 20.2 Å². The predicted octanol–water partition coefficient (Wildman–Crippen LogP) is 5.09. The average molecular weight is 460 g/mol. The fourth-order valence-electron chi connectivity index (χ4n) is 3.83. The molecule has 0 aliphatic heterocycles. The molecule has 1 saturated carbocycles. The summed E-state index contributed by atoms with van der Waals surface area (Å²) < 4.78 is 14.2. The smallest absolute Gasteiger partial charge is 0.348 e. The molecule has 1 aromatic heterocycles. The lowest BCUT2D eigenvalue weighted by molar-refractivity contribution is 0.0700. The summed E-state index contributed by atoms with van der Waals surface area (Å²) in [6, 6.07) is 6.04. The van der Waals surface area contributed by atoms with Gasteiger partial charge in [0.05, 0.1) is 16.7 Å². The van der Waals surface area contributed by atoms with E-state index < -0.39 is 24.1 Å². The number of benzene rings is 1. The summed E-state index contributed by atoms with van der Waals surface area (Å²) >= 11 is 1.07. The molecule has 32 heavy (non-hydrogen) atoms. The Hall–Kier alpha value is -2.40. The first-order valence-corrected chi connectivity index (χ1v) is 11.6. The molecule has 1 aliphatic rings. The van der Waals surface area contributed by atoms with Crippen molar-refractivity contribution in [2.75, 3.05) is 4.90 Å². The Labute approximate surface area is 192 Å². The van der Waals surface area contributed by atoms with Crippen molar-refractivity contribution in [2.24, 2.45) is 5.41 Å². The number of aliphatic hydroxyl groups excluding tert-OH is 2. The van der Waals surface area contributed by atoms with Crippen molar-refractivity contribution in [1.29, 1.82) is 0 Å². The highest BCUT2D eigenvalue weighted by atomic mass is 32.1. The van der Waals surface area contributed by atoms with E-state index in [-0.39, 0.29) is 16.3 Å². The van der Waals surface area contributed by atoms with E-state index in [1.807, 2.05) is 20.8 Å². The van der Waals surface area contributed by atoms with E-state index in [9.17, 15) is 24.5 Å². The van der Waals surface area contributed by atoms with Crippen molar-refractivity contribution in [2.45, 2.75) is 71.8 Å². The number of carbonyl (C=O) groups is 1. The van der Waals surface area contributed by atoms with Crippen molar-refractivity contribution in [3.63, 3.8) is 0 Å². The summed E-state index contributed by atoms with van der Waals surface area (Å²) in [5.41, 5.74) is 0.945. The molecule has 5 nitrogen and oxygen atoms in total. The third-order valence-electron chi connectivity index (χ3n) is 5.56. The van der Waals surface area contributed by atoms with Gasteiger partial charge in [0.2, 0.25) is 0 Å². The Balaban J connectivity index is 2.09. The van der Waals surface area contributed by atoms with Crippen LogP contribution in [-0.2, 0) is 0 Å². The van der Waals surface area contributed by atoms with Crippen LogP contribution in [0.5, 0.6) is 0 Å². The maximum atomic E-state index is 14.2. The molecule has 0 amide bonds. The van der Waals surface area contributed by atoms with E-state index in [1.54, 1.807) is 30.0 Å². The summed E-state index contributed by atoms with van der Waals surface area (Å²) in [5.74, 6) is 4.65. The molecular formula is C25H30FNO4S. The lowest BCUT2D eigenvalue weighted by Crippen LogP contribution is -2.42. The maximum Gasteiger partial charge on any atom is 0.348 e. The fraction of sp³-hybridized carbons (Fsp3) is 0.480. The Morgan fingerprint density at radius 2 is 1.88 bits per heavy atom. The summed E-state index contributed by atoms with van der Waals surface area (Å²) in [6.07, 6.45) is 0.645. The zero-order valence-electron chi connectivity index (χ0n) is 18.9. The van der Waals surface area contributed by atoms with Gasteiger partial charge in [-0.25, -0.2) is 9.18 Å². The molecule has 3 N–H and O–H groups in total. The number of nitrogens with zero attached hydrogens (tertiary/aromatic N) is 1. The van der Waals surface area contributed by atoms with Crippen LogP contribution in [0, 0.1) is 30.0 Å². The van der Waals surface area contributed by atoms with Crippen LogP contribution >= 0.6 is 11.3 Å². The van der Waals surface area contributed by atoms with E-state index in [2.05, 4.69) is 11.8 Å². The quantitative estimate of drug-likeness (QED) is 0.429. The molecule has 0 radical (unpaired) electrons. The second-order valence-corrected chi connectivity index (χ2v) is 10.4. The van der Waals surface area contributed by atoms with Crippen LogP contribution in [-0.4, -0.2) is 33.4 Å². The summed E-state index contributed by atoms with van der Waals surface area (Å²) in [4.78, 5) is 14.4. The van der Waals surface area contributed by atoms with Gasteiger partial charge in [0.25, 0.3) is 0 Å². The standard InChI is InChI=1S/C25H30FNO4S/c1-15-5-6-16(13-20(15)26)23(29)27(17-7-9-18(28)10-8-17)21-14-19(11-12-25(2,3)4)32-22(21)24(30)31/h5-6,13-14,17-18,23,28-29H,7-10H2,1-4H3,(H,30,31). The van der Waals surface area contributed by atoms with Crippen LogP contribution in [0.1, 0.15) is 78.4 Å². The van der Waals surface area contributed by atoms with Gasteiger partial charge in [-0.15, -0.1) is 11.3 Å². The van der Waals surface area contributed by atoms with Crippen LogP contribution in [0.4, 0.5) is 10.1 Å². The van der Waals surface area contributed by atoms with Gasteiger partial charge >= 0.3 is 5.97 Å². The number of halogens is 1. The van der Waals surface area contributed by atoms with Crippen molar-refractivity contribution >= 4 is 23.0 Å². The highest BCUT2D eigenvalue weighted by molar-refractivity contribution is 7.15. The van der Waals surface area contributed by atoms with Crippen LogP contribution in [0.15, 0.2) is 24.3 Å². The molecule has 7 heteroatoms. The number of anilines is 1. The number of thiophene rings is 1. The average Bonchev–Trinajstić information content (AvgIpc) is 3.14. The van der Waals surface area contributed by atoms with E-state index in [1.165, 1.54) is 6.07 Å². The lowest BCUT2D eigenvalue weighted by Gasteiger charge is -2.40. The lowest BCUT2D eigenvalue weighted by atomic mass is 9.91. The highest BCUT2D eigenvalue weighted by Crippen LogP contribution is 2.39. The number of carboxylic acids is 1. The Kier molecular flexibility index (Phi) is 7.29. The maximum absolute atomic E-state index is 14.2. The van der Waals surface area contributed by atoms with Crippen LogP contribution in [0.3, 0.4) is 0 Å². The summed E-state index contributed by atoms with van der Waals surface area (Å²) in [6.45, 7) is 7.57. The highest BCUT2D eigenvalue weighted by Gasteiger charge is 2.34. The van der Waals surface area contributed by atoms with Gasteiger partial charge in [0.15, 0.2) is 6.23 Å². The van der Waals surface area contributed by atoms with Gasteiger partial charge in [0, 0.05) is 17.0 Å². The topological polar surface area (TPSA) is 81.0 Å². The molecule has 2 aromatic rings. The molecule has 1 aromatic carbocycles. The zero-order chi connectivity index (χ0) is 23.6. The zero-order valence-corrected chi connectivity index (χ0v) is 19.7. The number of aryl methyl sites for hydroxylation is 1. The summed E-state index contributed by atoms with van der Waals surface area (Å²) in [7, 11) is 0. The largest absolute Gasteiger partial charge is 0.477 e. The molecule has 1 unspecified atom stereocenters. The first kappa shape index (κ1) is 24.2. The number of aliphatic hydroxyl groups is 2. The Morgan fingerprint density at radius 3 is 2.44 bits per heavy atom. The van der Waals surface area contributed by atoms with Crippen LogP contribution < -0.4 is 4.90 Å². The Morgan fingerprint density at radius 1 is 1.22 bits per heavy atom. The van der Waals surface area contributed by atoms with Crippen molar-refractivity contribution in [1.82, 2.24) is 0 Å². The molecule has 1 fully saturated rings. The molecular weight excluding hydrogens is 429 g/mol. The van der Waals surface area contributed by atoms with Gasteiger partial charge in [-0.3, -0.25) is 0 Å². The molecule has 0 bridgehead atoms. The minimum atomic E-state index is -1.23. The number of hydrogen-bond donors (Lipinski definition) is 3. The number of carboxylic acid groups (broad SMARTS) is 1. The van der Waals surface area contributed by atoms with Gasteiger partial charge in [-0.2, -0.15) is 0 Å². The normalized spacial score (nSPS) is 19.7. The second-order valence-electron chi connectivity index (χ2n) is 9.38. The third-order valence-corrected chi connectivity index (χ3v) is 6.59. The third kappa shape index (κ3) is 5.69. The SMILES string of the molecule is Cc1ccc(C(O)N(c2cc(C#CC(C)(C)C)sc2C(=O)O)C2CCC(O)CC2)cc1F. The molecule has 3 rings (SSSR count). The number of hydrogen-bond acceptors (Lipinski definition) is 5. The fourth-order valence-corrected chi connectivity index (χ4v) is 4.68. The predicted molar refractivity (Wildman–Crippen MR) is 124 cm³/mol. The van der Waals surface area contributed by atoms with Gasteiger partial charge in [-0.1, -0.05) is 24.0 Å². The minimum absolute atomic E-state index is 0.0842. The van der Waals surface area contributed by atoms with Crippen LogP contribution in [0.25, 0.3) is 0 Å². The Bertz CT molecular complexity index is 1040. The number of aromatic carboxylic acids is 1. The molecule has 1 heterocycles. The molecule has 172 valence electrons. The van der Waals surface area contributed by atoms with E-state index in [4.69, 9.17) is 0 Å². The van der Waals surface area contributed by atoms with Crippen molar-refractivity contribution in [3.8, 4) is 11.8 Å². The van der Waals surface area contributed by atoms with Crippen molar-refractivity contribution in [3.05, 3.63) is 51.0 Å². The monoisotopic (exact) mass is 459 g/mol. The van der Waals surface area contributed by atoms with Gasteiger partial charge in [0.1, 0.15) is 10.7 Å².